The molecule has 0 fully saturated rings. The van der Waals surface area contributed by atoms with Crippen LogP contribution in [0.5, 0.6) is 0 Å². The molecule has 2 N–H and O–H groups in total. The van der Waals surface area contributed by atoms with E-state index in [1.807, 2.05) is 13.8 Å². The molecule has 0 atom stereocenters. The number of nitrogens with two attached hydrogens (primary N) is 1. The zero-order valence-electron chi connectivity index (χ0n) is 12.3. The zero-order valence-corrected chi connectivity index (χ0v) is 14.6. The Bertz CT molecular complexity index is 887. The molecule has 118 valence electrons. The minimum Gasteiger partial charge on any atom is -0.368 e. The van der Waals surface area contributed by atoms with Crippen LogP contribution in [0.15, 0.2) is 28.6 Å². The third kappa shape index (κ3) is 3.46. The van der Waals surface area contributed by atoms with Crippen molar-refractivity contribution in [2.45, 2.75) is 29.9 Å². The first-order valence-corrected chi connectivity index (χ1v) is 8.30. The normalized spacial score (nSPS) is 11.3. The second-order valence-corrected chi connectivity index (χ2v) is 6.82. The van der Waals surface area contributed by atoms with Crippen molar-refractivity contribution in [3.8, 4) is 0 Å². The Labute approximate surface area is 146 Å². The first-order valence-electron chi connectivity index (χ1n) is 6.73. The molecule has 0 amide bonds. The number of anilines is 1. The van der Waals surface area contributed by atoms with Crippen LogP contribution in [0.2, 0.25) is 10.0 Å². The van der Waals surface area contributed by atoms with E-state index in [1.165, 1.54) is 18.1 Å². The first kappa shape index (κ1) is 16.2. The molecule has 0 bridgehead atoms. The van der Waals surface area contributed by atoms with Gasteiger partial charge in [-0.2, -0.15) is 4.98 Å². The van der Waals surface area contributed by atoms with Crippen LogP contribution in [0.25, 0.3) is 11.0 Å². The number of nitrogens with zero attached hydrogens (tertiary/aromatic N) is 5. The SMILES string of the molecule is CC(C)c1nc2cc(Cl)c(Cl)cc2nc1Sc1ncnc(N)n1. The van der Waals surface area contributed by atoms with Crippen molar-refractivity contribution in [3.63, 3.8) is 0 Å². The maximum absolute atomic E-state index is 6.07. The van der Waals surface area contributed by atoms with Crippen LogP contribution in [0.4, 0.5) is 5.95 Å². The van der Waals surface area contributed by atoms with E-state index < -0.39 is 0 Å². The summed E-state index contributed by atoms with van der Waals surface area (Å²) in [5, 5.41) is 2.06. The van der Waals surface area contributed by atoms with E-state index >= 15 is 0 Å². The average molecular weight is 367 g/mol. The fraction of sp³-hybridized carbons (Fsp3) is 0.214. The van der Waals surface area contributed by atoms with Gasteiger partial charge in [-0.3, -0.25) is 0 Å². The summed E-state index contributed by atoms with van der Waals surface area (Å²) in [4.78, 5) is 21.3. The maximum Gasteiger partial charge on any atom is 0.223 e. The lowest BCUT2D eigenvalue weighted by molar-refractivity contribution is 0.780. The Hall–Kier alpha value is -1.70. The molecule has 23 heavy (non-hydrogen) atoms. The molecule has 3 aromatic rings. The number of hydrogen-bond acceptors (Lipinski definition) is 7. The monoisotopic (exact) mass is 366 g/mol. The Balaban J connectivity index is 2.13. The van der Waals surface area contributed by atoms with E-state index in [-0.39, 0.29) is 11.9 Å². The lowest BCUT2D eigenvalue weighted by atomic mass is 10.1. The molecule has 0 aliphatic heterocycles. The van der Waals surface area contributed by atoms with Crippen LogP contribution < -0.4 is 5.73 Å². The van der Waals surface area contributed by atoms with Crippen LogP contribution in [0.3, 0.4) is 0 Å². The third-order valence-electron chi connectivity index (χ3n) is 3.00. The number of hydrogen-bond donors (Lipinski definition) is 1. The molecule has 0 radical (unpaired) electrons. The molecule has 0 unspecified atom stereocenters. The number of nitrogen functional groups attached to an aromatic ring is 1. The predicted molar refractivity (Wildman–Crippen MR) is 92.0 cm³/mol. The minimum atomic E-state index is 0.164. The number of aromatic nitrogens is 5. The van der Waals surface area contributed by atoms with Gasteiger partial charge in [-0.1, -0.05) is 37.0 Å². The van der Waals surface area contributed by atoms with E-state index in [0.717, 1.165) is 5.69 Å². The summed E-state index contributed by atoms with van der Waals surface area (Å²) in [6, 6.07) is 3.41. The standard InChI is InChI=1S/C14H12Cl2N6S/c1-6(2)11-12(23-14-19-5-18-13(17)22-14)21-10-4-8(16)7(15)3-9(10)20-11/h3-6H,1-2H3,(H2,17,18,19,22). The van der Waals surface area contributed by atoms with Crippen molar-refractivity contribution in [3.05, 3.63) is 34.2 Å². The highest BCUT2D eigenvalue weighted by Gasteiger charge is 2.16. The van der Waals surface area contributed by atoms with Gasteiger partial charge in [0.1, 0.15) is 11.4 Å². The summed E-state index contributed by atoms with van der Waals surface area (Å²) in [6.45, 7) is 4.08. The lowest BCUT2D eigenvalue weighted by Gasteiger charge is -2.12. The Morgan fingerprint density at radius 1 is 1.00 bits per heavy atom. The molecular weight excluding hydrogens is 355 g/mol. The molecule has 9 heteroatoms. The van der Waals surface area contributed by atoms with E-state index in [2.05, 4.69) is 24.9 Å². The van der Waals surface area contributed by atoms with E-state index in [9.17, 15) is 0 Å². The highest BCUT2D eigenvalue weighted by molar-refractivity contribution is 7.99. The fourth-order valence-electron chi connectivity index (χ4n) is 1.93. The molecule has 1 aromatic carbocycles. The van der Waals surface area contributed by atoms with E-state index in [4.69, 9.17) is 28.9 Å². The van der Waals surface area contributed by atoms with Crippen LogP contribution in [-0.4, -0.2) is 24.9 Å². The van der Waals surface area contributed by atoms with Gasteiger partial charge in [-0.15, -0.1) is 0 Å². The van der Waals surface area contributed by atoms with E-state index in [1.54, 1.807) is 12.1 Å². The van der Waals surface area contributed by atoms with Crippen LogP contribution >= 0.6 is 35.0 Å². The molecule has 3 rings (SSSR count). The van der Waals surface area contributed by atoms with Gasteiger partial charge in [0.15, 0.2) is 5.16 Å². The Kier molecular flexibility index (Phi) is 4.52. The summed E-state index contributed by atoms with van der Waals surface area (Å²) in [5.41, 5.74) is 7.78. The van der Waals surface area contributed by atoms with Gasteiger partial charge >= 0.3 is 0 Å². The van der Waals surface area contributed by atoms with Crippen molar-refractivity contribution < 1.29 is 0 Å². The lowest BCUT2D eigenvalue weighted by Crippen LogP contribution is -2.02. The summed E-state index contributed by atoms with van der Waals surface area (Å²) in [7, 11) is 0. The van der Waals surface area contributed by atoms with Crippen molar-refractivity contribution in [2.24, 2.45) is 0 Å². The molecule has 0 saturated heterocycles. The van der Waals surface area contributed by atoms with Crippen LogP contribution in [0.1, 0.15) is 25.5 Å². The molecule has 6 nitrogen and oxygen atoms in total. The molecular formula is C14H12Cl2N6S. The van der Waals surface area contributed by atoms with Crippen molar-refractivity contribution in [1.29, 1.82) is 0 Å². The highest BCUT2D eigenvalue weighted by Crippen LogP contribution is 2.33. The summed E-state index contributed by atoms with van der Waals surface area (Å²) >= 11 is 13.4. The van der Waals surface area contributed by atoms with Gasteiger partial charge in [0.2, 0.25) is 5.95 Å². The smallest absolute Gasteiger partial charge is 0.223 e. The van der Waals surface area contributed by atoms with Crippen molar-refractivity contribution >= 4 is 51.9 Å². The average Bonchev–Trinajstić information content (AvgIpc) is 2.48. The Morgan fingerprint density at radius 3 is 2.26 bits per heavy atom. The zero-order chi connectivity index (χ0) is 16.6. The van der Waals surface area contributed by atoms with Crippen molar-refractivity contribution in [1.82, 2.24) is 24.9 Å². The first-order chi connectivity index (χ1) is 10.9. The second-order valence-electron chi connectivity index (χ2n) is 5.05. The van der Waals surface area contributed by atoms with E-state index in [0.29, 0.717) is 31.3 Å². The minimum absolute atomic E-state index is 0.164. The molecule has 2 aromatic heterocycles. The molecule has 0 aliphatic carbocycles. The number of halogens is 2. The summed E-state index contributed by atoms with van der Waals surface area (Å²) < 4.78 is 0. The molecule has 0 spiro atoms. The van der Waals surface area contributed by atoms with Gasteiger partial charge in [-0.05, 0) is 29.8 Å². The van der Waals surface area contributed by atoms with Gasteiger partial charge in [0.05, 0.1) is 26.8 Å². The summed E-state index contributed by atoms with van der Waals surface area (Å²) in [6.07, 6.45) is 1.37. The molecule has 0 aliphatic rings. The van der Waals surface area contributed by atoms with Gasteiger partial charge in [0, 0.05) is 0 Å². The third-order valence-corrected chi connectivity index (χ3v) is 4.60. The highest BCUT2D eigenvalue weighted by atomic mass is 35.5. The number of benzene rings is 1. The van der Waals surface area contributed by atoms with Crippen LogP contribution in [-0.2, 0) is 0 Å². The maximum atomic E-state index is 6.07. The quantitative estimate of drug-likeness (QED) is 0.749. The fourth-order valence-corrected chi connectivity index (χ4v) is 3.19. The molecule has 0 saturated carbocycles. The van der Waals surface area contributed by atoms with Gasteiger partial charge < -0.3 is 5.73 Å². The largest absolute Gasteiger partial charge is 0.368 e. The predicted octanol–water partition coefficient (Wildman–Crippen LogP) is 3.98. The number of fused-ring (bicyclic) bond motifs is 1. The number of rotatable bonds is 3. The van der Waals surface area contributed by atoms with Crippen molar-refractivity contribution in [2.75, 3.05) is 5.73 Å². The molecule has 2 heterocycles. The van der Waals surface area contributed by atoms with Crippen LogP contribution in [0, 0.1) is 0 Å². The van der Waals surface area contributed by atoms with Gasteiger partial charge in [-0.25, -0.2) is 19.9 Å². The second kappa shape index (κ2) is 6.43. The Morgan fingerprint density at radius 2 is 1.65 bits per heavy atom. The summed E-state index contributed by atoms with van der Waals surface area (Å²) in [5.74, 6) is 0.334. The van der Waals surface area contributed by atoms with Gasteiger partial charge in [0.25, 0.3) is 0 Å². The topological polar surface area (TPSA) is 90.5 Å².